The lowest BCUT2D eigenvalue weighted by Crippen LogP contribution is -2.23. The number of aliphatic imine (C=N–C) groups is 1. The van der Waals surface area contributed by atoms with Crippen LogP contribution in [0.2, 0.25) is 0 Å². The minimum Gasteiger partial charge on any atom is -0.442 e. The SMILES string of the molecule is CC(CN)=NC(=O)OC(C)(C)C. The number of hydrogen-bond donors (Lipinski definition) is 1. The molecule has 0 bridgehead atoms. The van der Waals surface area contributed by atoms with Crippen molar-refractivity contribution in [2.75, 3.05) is 6.54 Å². The first kappa shape index (κ1) is 11.1. The van der Waals surface area contributed by atoms with Crippen LogP contribution in [0.25, 0.3) is 0 Å². The molecule has 0 spiro atoms. The van der Waals surface area contributed by atoms with Crippen molar-refractivity contribution < 1.29 is 9.53 Å². The fraction of sp³-hybridized carbons (Fsp3) is 0.750. The molecular formula is C8H16N2O2. The zero-order chi connectivity index (χ0) is 9.78. The van der Waals surface area contributed by atoms with Crippen molar-refractivity contribution in [2.24, 2.45) is 10.7 Å². The fourth-order valence-corrected chi connectivity index (χ4v) is 0.486. The predicted molar refractivity (Wildman–Crippen MR) is 48.4 cm³/mol. The van der Waals surface area contributed by atoms with Gasteiger partial charge in [0.1, 0.15) is 5.60 Å². The van der Waals surface area contributed by atoms with E-state index in [4.69, 9.17) is 10.5 Å². The van der Waals surface area contributed by atoms with E-state index in [2.05, 4.69) is 4.99 Å². The van der Waals surface area contributed by atoms with Crippen LogP contribution in [0.4, 0.5) is 4.79 Å². The maximum atomic E-state index is 11.0. The highest BCUT2D eigenvalue weighted by Crippen LogP contribution is 2.07. The molecule has 4 nitrogen and oxygen atoms in total. The van der Waals surface area contributed by atoms with E-state index in [0.29, 0.717) is 5.71 Å². The molecule has 0 aliphatic carbocycles. The molecule has 0 aromatic carbocycles. The lowest BCUT2D eigenvalue weighted by Gasteiger charge is -2.17. The number of amides is 1. The number of hydrogen-bond acceptors (Lipinski definition) is 3. The third-order valence-corrected chi connectivity index (χ3v) is 0.971. The number of carbonyl (C=O) groups excluding carboxylic acids is 1. The van der Waals surface area contributed by atoms with E-state index in [1.54, 1.807) is 27.7 Å². The summed E-state index contributed by atoms with van der Waals surface area (Å²) in [6.07, 6.45) is -0.578. The molecule has 0 rings (SSSR count). The van der Waals surface area contributed by atoms with Crippen LogP contribution in [0.1, 0.15) is 27.7 Å². The second kappa shape index (κ2) is 4.21. The van der Waals surface area contributed by atoms with Gasteiger partial charge in [-0.15, -0.1) is 0 Å². The van der Waals surface area contributed by atoms with Gasteiger partial charge in [-0.3, -0.25) is 0 Å². The number of rotatable bonds is 1. The van der Waals surface area contributed by atoms with Crippen LogP contribution in [0.3, 0.4) is 0 Å². The van der Waals surface area contributed by atoms with Crippen LogP contribution in [0.5, 0.6) is 0 Å². The molecule has 0 unspecified atom stereocenters. The second-order valence-corrected chi connectivity index (χ2v) is 3.53. The van der Waals surface area contributed by atoms with Crippen LogP contribution in [0, 0.1) is 0 Å². The van der Waals surface area contributed by atoms with E-state index in [1.807, 2.05) is 0 Å². The highest BCUT2D eigenvalue weighted by Gasteiger charge is 2.15. The maximum absolute atomic E-state index is 11.0. The van der Waals surface area contributed by atoms with Crippen molar-refractivity contribution >= 4 is 11.8 Å². The van der Waals surface area contributed by atoms with Gasteiger partial charge in [0.05, 0.1) is 0 Å². The molecule has 0 radical (unpaired) electrons. The summed E-state index contributed by atoms with van der Waals surface area (Å²) in [4.78, 5) is 14.6. The highest BCUT2D eigenvalue weighted by atomic mass is 16.6. The summed E-state index contributed by atoms with van der Waals surface area (Å²) < 4.78 is 4.93. The number of carbonyl (C=O) groups is 1. The molecule has 0 aliphatic rings. The normalized spacial score (nSPS) is 12.9. The van der Waals surface area contributed by atoms with Crippen molar-refractivity contribution in [3.8, 4) is 0 Å². The van der Waals surface area contributed by atoms with Gasteiger partial charge in [-0.2, -0.15) is 4.99 Å². The van der Waals surface area contributed by atoms with Gasteiger partial charge < -0.3 is 10.5 Å². The summed E-state index contributed by atoms with van der Waals surface area (Å²) in [6.45, 7) is 7.33. The average molecular weight is 172 g/mol. The third kappa shape index (κ3) is 5.85. The van der Waals surface area contributed by atoms with Crippen molar-refractivity contribution in [3.63, 3.8) is 0 Å². The summed E-state index contributed by atoms with van der Waals surface area (Å²) in [5, 5.41) is 0. The molecule has 1 amide bonds. The Hall–Kier alpha value is -0.900. The lowest BCUT2D eigenvalue weighted by atomic mass is 10.2. The molecule has 4 heteroatoms. The molecule has 0 aromatic heterocycles. The van der Waals surface area contributed by atoms with Crippen molar-refractivity contribution in [2.45, 2.75) is 33.3 Å². The van der Waals surface area contributed by atoms with Gasteiger partial charge in [-0.05, 0) is 27.7 Å². The van der Waals surface area contributed by atoms with Crippen LogP contribution >= 0.6 is 0 Å². The Morgan fingerprint density at radius 1 is 1.50 bits per heavy atom. The third-order valence-electron chi connectivity index (χ3n) is 0.971. The Balaban J connectivity index is 4.08. The van der Waals surface area contributed by atoms with Crippen molar-refractivity contribution in [1.82, 2.24) is 0 Å². The van der Waals surface area contributed by atoms with Gasteiger partial charge in [0.15, 0.2) is 0 Å². The molecule has 0 fully saturated rings. The Labute approximate surface area is 72.8 Å². The van der Waals surface area contributed by atoms with Crippen LogP contribution in [0.15, 0.2) is 4.99 Å². The zero-order valence-corrected chi connectivity index (χ0v) is 8.05. The largest absolute Gasteiger partial charge is 0.442 e. The molecule has 0 aromatic rings. The van der Waals surface area contributed by atoms with Gasteiger partial charge in [-0.25, -0.2) is 4.79 Å². The molecular weight excluding hydrogens is 156 g/mol. The van der Waals surface area contributed by atoms with E-state index in [-0.39, 0.29) is 6.54 Å². The molecule has 0 heterocycles. The molecule has 0 saturated heterocycles. The number of nitrogens with zero attached hydrogens (tertiary/aromatic N) is 1. The summed E-state index contributed by atoms with van der Waals surface area (Å²) in [5.74, 6) is 0. The first-order valence-corrected chi connectivity index (χ1v) is 3.82. The quantitative estimate of drug-likeness (QED) is 0.607. The summed E-state index contributed by atoms with van der Waals surface area (Å²) in [6, 6.07) is 0. The van der Waals surface area contributed by atoms with E-state index in [9.17, 15) is 4.79 Å². The van der Waals surface area contributed by atoms with Gasteiger partial charge >= 0.3 is 6.09 Å². The zero-order valence-electron chi connectivity index (χ0n) is 8.05. The van der Waals surface area contributed by atoms with Crippen molar-refractivity contribution in [3.05, 3.63) is 0 Å². The van der Waals surface area contributed by atoms with Gasteiger partial charge in [-0.1, -0.05) is 0 Å². The number of nitrogens with two attached hydrogens (primary N) is 1. The first-order chi connectivity index (χ1) is 5.35. The minimum absolute atomic E-state index is 0.277. The summed E-state index contributed by atoms with van der Waals surface area (Å²) in [5.41, 5.74) is 5.33. The second-order valence-electron chi connectivity index (χ2n) is 3.53. The highest BCUT2D eigenvalue weighted by molar-refractivity contribution is 5.92. The maximum Gasteiger partial charge on any atom is 0.434 e. The molecule has 12 heavy (non-hydrogen) atoms. The van der Waals surface area contributed by atoms with E-state index in [0.717, 1.165) is 0 Å². The Kier molecular flexibility index (Phi) is 3.89. The average Bonchev–Trinajstić information content (AvgIpc) is 1.82. The van der Waals surface area contributed by atoms with E-state index < -0.39 is 11.7 Å². The van der Waals surface area contributed by atoms with E-state index in [1.165, 1.54) is 0 Å². The summed E-state index contributed by atoms with van der Waals surface area (Å²) in [7, 11) is 0. The molecule has 0 saturated carbocycles. The van der Waals surface area contributed by atoms with Crippen molar-refractivity contribution in [1.29, 1.82) is 0 Å². The Morgan fingerprint density at radius 3 is 2.33 bits per heavy atom. The van der Waals surface area contributed by atoms with Crippen LogP contribution in [-0.4, -0.2) is 24.0 Å². The number of ether oxygens (including phenoxy) is 1. The monoisotopic (exact) mass is 172 g/mol. The molecule has 2 N–H and O–H groups in total. The summed E-state index contributed by atoms with van der Waals surface area (Å²) >= 11 is 0. The molecule has 70 valence electrons. The topological polar surface area (TPSA) is 64.7 Å². The molecule has 0 atom stereocenters. The lowest BCUT2D eigenvalue weighted by molar-refractivity contribution is 0.0604. The van der Waals surface area contributed by atoms with Gasteiger partial charge in [0.25, 0.3) is 0 Å². The smallest absolute Gasteiger partial charge is 0.434 e. The minimum atomic E-state index is -0.578. The standard InChI is InChI=1S/C8H16N2O2/c1-6(5-9)10-7(11)12-8(2,3)4/h5,9H2,1-4H3. The van der Waals surface area contributed by atoms with Crippen LogP contribution < -0.4 is 5.73 Å². The van der Waals surface area contributed by atoms with E-state index >= 15 is 0 Å². The Morgan fingerprint density at radius 2 is 2.00 bits per heavy atom. The fourth-order valence-electron chi connectivity index (χ4n) is 0.486. The van der Waals surface area contributed by atoms with Crippen LogP contribution in [-0.2, 0) is 4.74 Å². The first-order valence-electron chi connectivity index (χ1n) is 3.82. The van der Waals surface area contributed by atoms with Gasteiger partial charge in [0, 0.05) is 12.3 Å². The predicted octanol–water partition coefficient (Wildman–Crippen LogP) is 1.34. The van der Waals surface area contributed by atoms with Gasteiger partial charge in [0.2, 0.25) is 0 Å². The Bertz CT molecular complexity index is 192. The molecule has 0 aliphatic heterocycles.